The molecule has 0 amide bonds. The van der Waals surface area contributed by atoms with Crippen LogP contribution in [0.2, 0.25) is 0 Å². The van der Waals surface area contributed by atoms with Crippen molar-refractivity contribution in [1.82, 2.24) is 0 Å². The van der Waals surface area contributed by atoms with Crippen molar-refractivity contribution >= 4 is 40.6 Å². The van der Waals surface area contributed by atoms with Crippen LogP contribution in [-0.4, -0.2) is 21.1 Å². The van der Waals surface area contributed by atoms with E-state index in [9.17, 15) is 0 Å². The first-order valence-corrected chi connectivity index (χ1v) is 10.4. The zero-order chi connectivity index (χ0) is 19.4. The summed E-state index contributed by atoms with van der Waals surface area (Å²) in [6.45, 7) is 6.32. The molecule has 0 unspecified atom stereocenters. The second kappa shape index (κ2) is 8.63. The topological polar surface area (TPSA) is 27.3 Å². The monoisotopic (exact) mass is 395 g/mol. The van der Waals surface area contributed by atoms with Gasteiger partial charge in [0.2, 0.25) is 0 Å². The normalized spacial score (nSPS) is 14.7. The number of fused-ring (bicyclic) bond motifs is 1. The average molecular weight is 396 g/mol. The number of hydrogen-bond acceptors (Lipinski definition) is 5. The third kappa shape index (κ3) is 4.54. The molecule has 0 bridgehead atoms. The molecule has 3 rings (SSSR count). The summed E-state index contributed by atoms with van der Waals surface area (Å²) in [6.07, 6.45) is 6.29. The van der Waals surface area contributed by atoms with Crippen molar-refractivity contribution in [3.05, 3.63) is 76.7 Å². The average Bonchev–Trinajstić information content (AvgIpc) is 2.98. The number of nitrogens with zero attached hydrogens (tertiary/aromatic N) is 1. The molecule has 1 aliphatic heterocycles. The highest BCUT2D eigenvalue weighted by Crippen LogP contribution is 2.46. The fraction of sp³-hybridized carbons (Fsp3) is 0.182. The lowest BCUT2D eigenvalue weighted by molar-refractivity contribution is 1.17. The predicted molar refractivity (Wildman–Crippen MR) is 123 cm³/mol. The van der Waals surface area contributed by atoms with Crippen molar-refractivity contribution < 1.29 is 0 Å². The highest BCUT2D eigenvalue weighted by Gasteiger charge is 2.21. The molecule has 1 heterocycles. The second-order valence-electron chi connectivity index (χ2n) is 6.26. The van der Waals surface area contributed by atoms with Gasteiger partial charge in [-0.05, 0) is 55.0 Å². The highest BCUT2D eigenvalue weighted by atomic mass is 32.2. The standard InChI is InChI=1S/C22H25N3S2/c1-15-9-10-17(23-3)13-20(15)26-16(2)7-6-8-22-25(5)19-12-11-18(24-4)14-21(19)27-22/h6-14,23-24H,2H2,1,3-5H3/b7-6+,22-8-. The van der Waals surface area contributed by atoms with Crippen LogP contribution in [0.1, 0.15) is 5.56 Å². The maximum Gasteiger partial charge on any atom is 0.0798 e. The Morgan fingerprint density at radius 2 is 1.81 bits per heavy atom. The Labute approximate surface area is 170 Å². The molecule has 0 saturated heterocycles. The molecule has 2 aromatic rings. The Morgan fingerprint density at radius 3 is 2.56 bits per heavy atom. The molecule has 0 aromatic heterocycles. The van der Waals surface area contributed by atoms with Crippen LogP contribution in [0.3, 0.4) is 0 Å². The zero-order valence-corrected chi connectivity index (χ0v) is 17.8. The predicted octanol–water partition coefficient (Wildman–Crippen LogP) is 6.32. The first-order valence-electron chi connectivity index (χ1n) is 8.78. The van der Waals surface area contributed by atoms with Gasteiger partial charge in [0.25, 0.3) is 0 Å². The Hall–Kier alpha value is -2.24. The summed E-state index contributed by atoms with van der Waals surface area (Å²) in [5, 5.41) is 7.59. The van der Waals surface area contributed by atoms with Gasteiger partial charge in [-0.2, -0.15) is 0 Å². The third-order valence-electron chi connectivity index (χ3n) is 4.39. The van der Waals surface area contributed by atoms with Gasteiger partial charge < -0.3 is 15.5 Å². The van der Waals surface area contributed by atoms with Gasteiger partial charge in [0.15, 0.2) is 0 Å². The summed E-state index contributed by atoms with van der Waals surface area (Å²) in [4.78, 5) is 5.74. The molecule has 0 aliphatic carbocycles. The van der Waals surface area contributed by atoms with Crippen molar-refractivity contribution in [2.75, 3.05) is 36.7 Å². The van der Waals surface area contributed by atoms with Crippen molar-refractivity contribution in [2.45, 2.75) is 16.7 Å². The molecule has 2 N–H and O–H groups in total. The van der Waals surface area contributed by atoms with Crippen LogP contribution in [0.15, 0.2) is 80.9 Å². The minimum absolute atomic E-state index is 1.02. The van der Waals surface area contributed by atoms with Crippen LogP contribution >= 0.6 is 23.5 Å². The molecule has 0 spiro atoms. The largest absolute Gasteiger partial charge is 0.388 e. The van der Waals surface area contributed by atoms with Crippen LogP contribution in [-0.2, 0) is 0 Å². The van der Waals surface area contributed by atoms with Gasteiger partial charge in [0.1, 0.15) is 0 Å². The van der Waals surface area contributed by atoms with E-state index in [2.05, 4.69) is 90.7 Å². The molecule has 0 atom stereocenters. The minimum Gasteiger partial charge on any atom is -0.388 e. The molecule has 1 aliphatic rings. The third-order valence-corrected chi connectivity index (χ3v) is 6.62. The van der Waals surface area contributed by atoms with E-state index in [1.54, 1.807) is 23.5 Å². The quantitative estimate of drug-likeness (QED) is 0.441. The second-order valence-corrected chi connectivity index (χ2v) is 8.49. The summed E-state index contributed by atoms with van der Waals surface area (Å²) < 4.78 is 0. The van der Waals surface area contributed by atoms with Gasteiger partial charge in [-0.3, -0.25) is 0 Å². The highest BCUT2D eigenvalue weighted by molar-refractivity contribution is 8.03. The first kappa shape index (κ1) is 19.5. The molecule has 5 heteroatoms. The van der Waals surface area contributed by atoms with Gasteiger partial charge in [-0.1, -0.05) is 42.2 Å². The smallest absolute Gasteiger partial charge is 0.0798 e. The molecule has 3 nitrogen and oxygen atoms in total. The number of benzene rings is 2. The zero-order valence-electron chi connectivity index (χ0n) is 16.2. The molecule has 0 radical (unpaired) electrons. The summed E-state index contributed by atoms with van der Waals surface area (Å²) in [5.74, 6) is 0. The first-order chi connectivity index (χ1) is 13.0. The fourth-order valence-electron chi connectivity index (χ4n) is 2.75. The lowest BCUT2D eigenvalue weighted by Gasteiger charge is -2.13. The van der Waals surface area contributed by atoms with Gasteiger partial charge in [-0.25, -0.2) is 0 Å². The van der Waals surface area contributed by atoms with Crippen LogP contribution in [0.4, 0.5) is 17.1 Å². The lowest BCUT2D eigenvalue weighted by Crippen LogP contribution is -2.09. The maximum atomic E-state index is 4.19. The summed E-state index contributed by atoms with van der Waals surface area (Å²) >= 11 is 3.48. The molecule has 140 valence electrons. The SMILES string of the molecule is C=C(/C=C/C=C1\Sc2cc(NC)ccc2N1C)Sc1cc(NC)ccc1C. The van der Waals surface area contributed by atoms with Crippen LogP contribution < -0.4 is 15.5 Å². The number of thioether (sulfide) groups is 2. The molecule has 27 heavy (non-hydrogen) atoms. The summed E-state index contributed by atoms with van der Waals surface area (Å²) in [7, 11) is 5.99. The van der Waals surface area contributed by atoms with Gasteiger partial charge in [-0.15, -0.1) is 0 Å². The molecular weight excluding hydrogens is 370 g/mol. The van der Waals surface area contributed by atoms with E-state index < -0.39 is 0 Å². The van der Waals surface area contributed by atoms with Gasteiger partial charge in [0, 0.05) is 47.2 Å². The van der Waals surface area contributed by atoms with Crippen molar-refractivity contribution in [2.24, 2.45) is 0 Å². The lowest BCUT2D eigenvalue weighted by atomic mass is 10.2. The van der Waals surface area contributed by atoms with Crippen LogP contribution in [0.25, 0.3) is 0 Å². The van der Waals surface area contributed by atoms with Crippen molar-refractivity contribution in [1.29, 1.82) is 0 Å². The van der Waals surface area contributed by atoms with E-state index in [1.807, 2.05) is 14.1 Å². The van der Waals surface area contributed by atoms with E-state index in [0.717, 1.165) is 16.3 Å². The van der Waals surface area contributed by atoms with E-state index in [1.165, 1.54) is 26.1 Å². The Bertz CT molecular complexity index is 916. The number of allylic oxidation sites excluding steroid dienone is 3. The maximum absolute atomic E-state index is 4.19. The minimum atomic E-state index is 1.02. The molecule has 0 fully saturated rings. The summed E-state index contributed by atoms with van der Waals surface area (Å²) in [6, 6.07) is 12.8. The van der Waals surface area contributed by atoms with Gasteiger partial charge >= 0.3 is 0 Å². The summed E-state index contributed by atoms with van der Waals surface area (Å²) in [5.41, 5.74) is 4.75. The van der Waals surface area contributed by atoms with Gasteiger partial charge in [0.05, 0.1) is 10.7 Å². The molecular formula is C22H25N3S2. The number of hydrogen-bond donors (Lipinski definition) is 2. The van der Waals surface area contributed by atoms with Crippen LogP contribution in [0.5, 0.6) is 0 Å². The number of nitrogens with one attached hydrogen (secondary N) is 2. The van der Waals surface area contributed by atoms with Crippen molar-refractivity contribution in [3.63, 3.8) is 0 Å². The Balaban J connectivity index is 1.67. The van der Waals surface area contributed by atoms with E-state index in [0.29, 0.717) is 0 Å². The fourth-order valence-corrected chi connectivity index (χ4v) is 4.70. The number of rotatable bonds is 6. The molecule has 0 saturated carbocycles. The van der Waals surface area contributed by atoms with E-state index in [4.69, 9.17) is 0 Å². The Kier molecular flexibility index (Phi) is 6.24. The Morgan fingerprint density at radius 1 is 1.11 bits per heavy atom. The number of aryl methyl sites for hydroxylation is 1. The van der Waals surface area contributed by atoms with Crippen molar-refractivity contribution in [3.8, 4) is 0 Å². The molecule has 2 aromatic carbocycles. The van der Waals surface area contributed by atoms with E-state index in [-0.39, 0.29) is 0 Å². The van der Waals surface area contributed by atoms with E-state index >= 15 is 0 Å². The van der Waals surface area contributed by atoms with Crippen LogP contribution in [0, 0.1) is 6.92 Å². The number of anilines is 3.